The molecule has 9 nitrogen and oxygen atoms in total. The number of thiol groups is 1. The summed E-state index contributed by atoms with van der Waals surface area (Å²) in [5, 5.41) is 7.61. The highest BCUT2D eigenvalue weighted by Gasteiger charge is 2.30. The van der Waals surface area contributed by atoms with Gasteiger partial charge in [0.05, 0.1) is 18.7 Å². The molecule has 0 radical (unpaired) electrons. The Kier molecular flexibility index (Phi) is 10.4. The van der Waals surface area contributed by atoms with Crippen LogP contribution in [0.1, 0.15) is 56.7 Å². The van der Waals surface area contributed by atoms with Gasteiger partial charge in [0.2, 0.25) is 5.91 Å². The largest absolute Gasteiger partial charge is 0.456 e. The average molecular weight is 507 g/mol. The molecule has 0 aliphatic carbocycles. The lowest BCUT2D eigenvalue weighted by Gasteiger charge is -2.24. The molecule has 2 rings (SSSR count). The zero-order valence-corrected chi connectivity index (χ0v) is 21.1. The van der Waals surface area contributed by atoms with Crippen LogP contribution in [0, 0.1) is 11.7 Å². The number of ether oxygens (including phenoxy) is 1. The third kappa shape index (κ3) is 8.20. The van der Waals surface area contributed by atoms with Crippen molar-refractivity contribution in [1.82, 2.24) is 20.9 Å². The van der Waals surface area contributed by atoms with Crippen molar-refractivity contribution in [3.05, 3.63) is 52.8 Å². The van der Waals surface area contributed by atoms with Crippen LogP contribution in [0.15, 0.2) is 35.6 Å². The SMILES string of the molecule is CC(C)=C1NC(=O)c2nc(ccc2F)CNC(=O)C[C@@H](/C=C/CCS)OC(=O)C(C(C)C)NC1=O. The van der Waals surface area contributed by atoms with Crippen LogP contribution >= 0.6 is 12.6 Å². The van der Waals surface area contributed by atoms with Crippen LogP contribution in [0.4, 0.5) is 4.39 Å². The van der Waals surface area contributed by atoms with Crippen LogP contribution in [-0.2, 0) is 25.7 Å². The van der Waals surface area contributed by atoms with Gasteiger partial charge in [0, 0.05) is 0 Å². The van der Waals surface area contributed by atoms with Crippen LogP contribution in [0.5, 0.6) is 0 Å². The summed E-state index contributed by atoms with van der Waals surface area (Å²) >= 11 is 4.14. The van der Waals surface area contributed by atoms with E-state index >= 15 is 0 Å². The van der Waals surface area contributed by atoms with Gasteiger partial charge >= 0.3 is 5.97 Å². The van der Waals surface area contributed by atoms with Gasteiger partial charge in [0.25, 0.3) is 11.8 Å². The number of carbonyl (C=O) groups excluding carboxylic acids is 4. The van der Waals surface area contributed by atoms with Crippen LogP contribution in [0.25, 0.3) is 0 Å². The van der Waals surface area contributed by atoms with Crippen molar-refractivity contribution in [2.24, 2.45) is 5.92 Å². The molecule has 0 fully saturated rings. The fraction of sp³-hybridized carbons (Fsp3) is 0.458. The van der Waals surface area contributed by atoms with Crippen LogP contribution in [0.2, 0.25) is 0 Å². The normalized spacial score (nSPS) is 20.4. The second-order valence-electron chi connectivity index (χ2n) is 8.55. The quantitative estimate of drug-likeness (QED) is 0.215. The molecule has 0 spiro atoms. The summed E-state index contributed by atoms with van der Waals surface area (Å²) in [6.45, 7) is 6.54. The third-order valence-corrected chi connectivity index (χ3v) is 5.32. The number of pyridine rings is 1. The number of hydrogen-bond acceptors (Lipinski definition) is 7. The number of aromatic nitrogens is 1. The van der Waals surface area contributed by atoms with E-state index in [0.29, 0.717) is 17.7 Å². The number of fused-ring (bicyclic) bond motifs is 2. The molecule has 1 aromatic heterocycles. The van der Waals surface area contributed by atoms with Crippen molar-refractivity contribution in [1.29, 1.82) is 0 Å². The van der Waals surface area contributed by atoms with Crippen molar-refractivity contribution in [3.63, 3.8) is 0 Å². The Hall–Kier alpha value is -3.21. The average Bonchev–Trinajstić information content (AvgIpc) is 2.79. The Bertz CT molecular complexity index is 1040. The van der Waals surface area contributed by atoms with Gasteiger partial charge in [0.15, 0.2) is 11.5 Å². The van der Waals surface area contributed by atoms with E-state index in [9.17, 15) is 23.6 Å². The molecule has 2 heterocycles. The summed E-state index contributed by atoms with van der Waals surface area (Å²) in [6, 6.07) is 1.33. The first-order valence-corrected chi connectivity index (χ1v) is 11.9. The number of nitrogens with zero attached hydrogens (tertiary/aromatic N) is 1. The summed E-state index contributed by atoms with van der Waals surface area (Å²) in [5.74, 6) is -3.53. The Morgan fingerprint density at radius 1 is 1.23 bits per heavy atom. The highest BCUT2D eigenvalue weighted by molar-refractivity contribution is 7.80. The standard InChI is InChI=1S/C24H31FN4O5S/c1-13(2)19-22(31)29-20(14(3)4)24(33)34-16(7-5-6-10-35)11-18(30)26-12-15-8-9-17(25)21(27-15)23(32)28-19/h5,7-9,14,16,20,35H,6,10-12H2,1-4H3,(H,26,30)(H,28,32)(H,29,31)/b7-5+/t16-,20?/m1/s1. The predicted molar refractivity (Wildman–Crippen MR) is 131 cm³/mol. The van der Waals surface area contributed by atoms with Gasteiger partial charge < -0.3 is 20.7 Å². The first-order valence-electron chi connectivity index (χ1n) is 11.2. The van der Waals surface area contributed by atoms with Crippen molar-refractivity contribution >= 4 is 36.3 Å². The minimum Gasteiger partial charge on any atom is -0.456 e. The number of cyclic esters (lactones) is 1. The van der Waals surface area contributed by atoms with E-state index in [1.165, 1.54) is 6.07 Å². The monoisotopic (exact) mass is 506 g/mol. The van der Waals surface area contributed by atoms with Crippen molar-refractivity contribution in [2.45, 2.75) is 59.2 Å². The molecule has 11 heteroatoms. The molecule has 1 aromatic rings. The smallest absolute Gasteiger partial charge is 0.329 e. The van der Waals surface area contributed by atoms with Crippen molar-refractivity contribution in [2.75, 3.05) is 5.75 Å². The Morgan fingerprint density at radius 3 is 2.57 bits per heavy atom. The highest BCUT2D eigenvalue weighted by Crippen LogP contribution is 2.13. The maximum absolute atomic E-state index is 14.4. The number of allylic oxidation sites excluding steroid dienone is 2. The molecule has 1 unspecified atom stereocenters. The Balaban J connectivity index is 2.49. The van der Waals surface area contributed by atoms with Crippen molar-refractivity contribution < 1.29 is 28.3 Å². The fourth-order valence-electron chi connectivity index (χ4n) is 3.17. The summed E-state index contributed by atoms with van der Waals surface area (Å²) < 4.78 is 19.9. The second kappa shape index (κ2) is 13.0. The molecule has 2 bridgehead atoms. The number of amides is 3. The lowest BCUT2D eigenvalue weighted by Crippen LogP contribution is -2.49. The molecule has 0 aromatic carbocycles. The molecule has 2 atom stereocenters. The predicted octanol–water partition coefficient (Wildman–Crippen LogP) is 2.19. The minimum absolute atomic E-state index is 0.0784. The number of nitrogens with one attached hydrogen (secondary N) is 3. The minimum atomic E-state index is -1.07. The highest BCUT2D eigenvalue weighted by atomic mass is 32.1. The maximum Gasteiger partial charge on any atom is 0.329 e. The van der Waals surface area contributed by atoms with E-state index in [1.807, 2.05) is 0 Å². The molecule has 0 saturated heterocycles. The Morgan fingerprint density at radius 2 is 1.94 bits per heavy atom. The Labute approximate surface area is 209 Å². The van der Waals surface area contributed by atoms with Gasteiger partial charge in [-0.3, -0.25) is 14.4 Å². The molecule has 0 saturated carbocycles. The van der Waals surface area contributed by atoms with E-state index in [1.54, 1.807) is 39.8 Å². The van der Waals surface area contributed by atoms with Gasteiger partial charge in [-0.05, 0) is 55.7 Å². The topological polar surface area (TPSA) is 126 Å². The lowest BCUT2D eigenvalue weighted by atomic mass is 10.0. The molecular weight excluding hydrogens is 475 g/mol. The van der Waals surface area contributed by atoms with E-state index < -0.39 is 47.3 Å². The molecule has 1 aliphatic heterocycles. The lowest BCUT2D eigenvalue weighted by molar-refractivity contribution is -0.153. The summed E-state index contributed by atoms with van der Waals surface area (Å²) in [6.07, 6.45) is 2.90. The molecule has 190 valence electrons. The zero-order valence-electron chi connectivity index (χ0n) is 20.2. The van der Waals surface area contributed by atoms with Crippen LogP contribution in [0.3, 0.4) is 0 Å². The van der Waals surface area contributed by atoms with Gasteiger partial charge in [-0.15, -0.1) is 0 Å². The molecule has 1 aliphatic rings. The van der Waals surface area contributed by atoms with Crippen LogP contribution in [-0.4, -0.2) is 46.6 Å². The number of esters is 1. The first-order chi connectivity index (χ1) is 16.5. The second-order valence-corrected chi connectivity index (χ2v) is 9.00. The van der Waals surface area contributed by atoms with Gasteiger partial charge in [-0.25, -0.2) is 14.2 Å². The number of carbonyl (C=O) groups is 4. The fourth-order valence-corrected chi connectivity index (χ4v) is 3.32. The van der Waals surface area contributed by atoms with Gasteiger partial charge in [0.1, 0.15) is 17.8 Å². The molecule has 3 amide bonds. The molecular formula is C24H31FN4O5S. The van der Waals surface area contributed by atoms with Crippen molar-refractivity contribution in [3.8, 4) is 0 Å². The van der Waals surface area contributed by atoms with E-state index in [2.05, 4.69) is 33.6 Å². The number of rotatable bonds is 4. The van der Waals surface area contributed by atoms with E-state index in [4.69, 9.17) is 4.74 Å². The van der Waals surface area contributed by atoms with E-state index in [-0.39, 0.29) is 30.3 Å². The number of hydrogen-bond donors (Lipinski definition) is 4. The van der Waals surface area contributed by atoms with Gasteiger partial charge in [-0.1, -0.05) is 19.9 Å². The first kappa shape index (κ1) is 28.0. The summed E-state index contributed by atoms with van der Waals surface area (Å²) in [5.41, 5.74) is 0.0110. The molecule has 35 heavy (non-hydrogen) atoms. The van der Waals surface area contributed by atoms with E-state index in [0.717, 1.165) is 6.07 Å². The van der Waals surface area contributed by atoms with Gasteiger partial charge in [-0.2, -0.15) is 12.6 Å². The zero-order chi connectivity index (χ0) is 26.1. The maximum atomic E-state index is 14.4. The number of halogens is 1. The third-order valence-electron chi connectivity index (χ3n) is 5.06. The summed E-state index contributed by atoms with van der Waals surface area (Å²) in [7, 11) is 0. The summed E-state index contributed by atoms with van der Waals surface area (Å²) in [4.78, 5) is 55.3. The molecule has 3 N–H and O–H groups in total. The van der Waals surface area contributed by atoms with Crippen LogP contribution < -0.4 is 16.0 Å².